The second-order valence-electron chi connectivity index (χ2n) is 6.02. The number of rotatable bonds is 3. The maximum Gasteiger partial charge on any atom is 0.220 e. The van der Waals surface area contributed by atoms with E-state index in [1.54, 1.807) is 7.11 Å². The molecule has 124 valence electrons. The van der Waals surface area contributed by atoms with Crippen LogP contribution in [0.15, 0.2) is 32.7 Å². The van der Waals surface area contributed by atoms with Crippen LogP contribution in [0.3, 0.4) is 0 Å². The number of nitrogens with two attached hydrogens (primary N) is 2. The Morgan fingerprint density at radius 2 is 2.00 bits per heavy atom. The molecule has 1 fully saturated rings. The molecule has 3 rings (SSSR count). The summed E-state index contributed by atoms with van der Waals surface area (Å²) in [5, 5.41) is 0. The van der Waals surface area contributed by atoms with Gasteiger partial charge in [-0.15, -0.1) is 0 Å². The molecule has 0 atom stereocenters. The third-order valence-electron chi connectivity index (χ3n) is 4.44. The van der Waals surface area contributed by atoms with Crippen molar-refractivity contribution in [3.05, 3.63) is 28.2 Å². The number of nitrogens with zero attached hydrogens (tertiary/aromatic N) is 3. The van der Waals surface area contributed by atoms with Crippen molar-refractivity contribution in [2.24, 2.45) is 21.5 Å². The van der Waals surface area contributed by atoms with Crippen LogP contribution in [-0.4, -0.2) is 24.7 Å². The average Bonchev–Trinajstić information content (AvgIpc) is 2.50. The van der Waals surface area contributed by atoms with Gasteiger partial charge in [0.25, 0.3) is 0 Å². The molecule has 1 aromatic carbocycles. The first-order valence-electron chi connectivity index (χ1n) is 7.83. The van der Waals surface area contributed by atoms with E-state index in [0.717, 1.165) is 41.4 Å². The second kappa shape index (κ2) is 6.49. The summed E-state index contributed by atoms with van der Waals surface area (Å²) in [6.07, 6.45) is 5.26. The highest BCUT2D eigenvalue weighted by Crippen LogP contribution is 2.41. The quantitative estimate of drug-likeness (QED) is 0.844. The van der Waals surface area contributed by atoms with Crippen molar-refractivity contribution in [2.75, 3.05) is 12.0 Å². The molecule has 0 amide bonds. The van der Waals surface area contributed by atoms with E-state index in [0.29, 0.717) is 12.6 Å². The zero-order valence-corrected chi connectivity index (χ0v) is 14.8. The minimum Gasteiger partial charge on any atom is -0.380 e. The van der Waals surface area contributed by atoms with Crippen LogP contribution >= 0.6 is 15.9 Å². The lowest BCUT2D eigenvalue weighted by Gasteiger charge is -2.46. The van der Waals surface area contributed by atoms with Crippen molar-refractivity contribution < 1.29 is 4.74 Å². The minimum atomic E-state index is -0.433. The molecule has 1 heterocycles. The number of anilines is 1. The Hall–Kier alpha value is -1.60. The molecule has 23 heavy (non-hydrogen) atoms. The first-order chi connectivity index (χ1) is 11.1. The fourth-order valence-electron chi connectivity index (χ4n) is 3.49. The summed E-state index contributed by atoms with van der Waals surface area (Å²) in [5.74, 6) is 0.666. The summed E-state index contributed by atoms with van der Waals surface area (Å²) in [7, 11) is 1.69. The lowest BCUT2D eigenvalue weighted by molar-refractivity contribution is 0.184. The number of hydrogen-bond acceptors (Lipinski definition) is 6. The molecule has 1 saturated carbocycles. The smallest absolute Gasteiger partial charge is 0.220 e. The topological polar surface area (TPSA) is 89.2 Å². The standard InChI is InChI=1S/C16H22BrN5O/c1-23-10-11-5-6-12(17)9-13(11)22-15(19)20-14(18)21-16(22)7-3-2-4-8-16/h5-6,9H,2-4,7-8,10H2,1H3,(H4,18,19,20,21). The molecule has 0 radical (unpaired) electrons. The van der Waals surface area contributed by atoms with Gasteiger partial charge >= 0.3 is 0 Å². The van der Waals surface area contributed by atoms with E-state index in [4.69, 9.17) is 21.2 Å². The normalized spacial score (nSPS) is 20.3. The van der Waals surface area contributed by atoms with Crippen molar-refractivity contribution in [1.82, 2.24) is 0 Å². The van der Waals surface area contributed by atoms with Gasteiger partial charge in [-0.2, -0.15) is 4.99 Å². The average molecular weight is 380 g/mol. The maximum atomic E-state index is 6.28. The third-order valence-corrected chi connectivity index (χ3v) is 4.93. The van der Waals surface area contributed by atoms with Crippen LogP contribution in [0.4, 0.5) is 5.69 Å². The number of ether oxygens (including phenoxy) is 1. The molecule has 4 N–H and O–H groups in total. The fraction of sp³-hybridized carbons (Fsp3) is 0.500. The molecule has 0 saturated heterocycles. The van der Waals surface area contributed by atoms with Crippen LogP contribution in [0.1, 0.15) is 37.7 Å². The van der Waals surface area contributed by atoms with Gasteiger partial charge in [0.15, 0.2) is 0 Å². The molecule has 2 aliphatic rings. The van der Waals surface area contributed by atoms with Gasteiger partial charge in [0.05, 0.1) is 12.3 Å². The van der Waals surface area contributed by atoms with Crippen molar-refractivity contribution in [2.45, 2.75) is 44.4 Å². The van der Waals surface area contributed by atoms with Crippen LogP contribution in [0.25, 0.3) is 0 Å². The van der Waals surface area contributed by atoms with Crippen LogP contribution < -0.4 is 16.4 Å². The molecule has 1 aliphatic carbocycles. The zero-order chi connectivity index (χ0) is 16.4. The van der Waals surface area contributed by atoms with E-state index in [1.165, 1.54) is 6.42 Å². The predicted octanol–water partition coefficient (Wildman–Crippen LogP) is 2.71. The number of aliphatic imine (C=N–C) groups is 2. The Morgan fingerprint density at radius 1 is 1.26 bits per heavy atom. The highest BCUT2D eigenvalue weighted by Gasteiger charge is 2.43. The van der Waals surface area contributed by atoms with Crippen LogP contribution in [0, 0.1) is 0 Å². The molecule has 0 aromatic heterocycles. The number of guanidine groups is 2. The molecule has 7 heteroatoms. The molecule has 1 aromatic rings. The SMILES string of the molecule is COCc1ccc(Br)cc1N1C(N)=NC(N)=NC12CCCCC2. The molecule has 6 nitrogen and oxygen atoms in total. The third kappa shape index (κ3) is 3.07. The van der Waals surface area contributed by atoms with Gasteiger partial charge < -0.3 is 16.2 Å². The Labute approximate surface area is 144 Å². The molecule has 1 aliphatic heterocycles. The van der Waals surface area contributed by atoms with Gasteiger partial charge in [-0.25, -0.2) is 4.99 Å². The Kier molecular flexibility index (Phi) is 4.59. The Morgan fingerprint density at radius 3 is 2.70 bits per heavy atom. The van der Waals surface area contributed by atoms with Gasteiger partial charge in [0.1, 0.15) is 5.66 Å². The van der Waals surface area contributed by atoms with E-state index >= 15 is 0 Å². The highest BCUT2D eigenvalue weighted by molar-refractivity contribution is 9.10. The van der Waals surface area contributed by atoms with Crippen molar-refractivity contribution >= 4 is 33.5 Å². The monoisotopic (exact) mass is 379 g/mol. The van der Waals surface area contributed by atoms with E-state index in [2.05, 4.69) is 20.9 Å². The number of benzene rings is 1. The van der Waals surface area contributed by atoms with Crippen LogP contribution in [0.2, 0.25) is 0 Å². The minimum absolute atomic E-state index is 0.268. The lowest BCUT2D eigenvalue weighted by atomic mass is 9.87. The number of halogens is 1. The molecule has 0 bridgehead atoms. The Balaban J connectivity index is 2.12. The van der Waals surface area contributed by atoms with Crippen molar-refractivity contribution in [3.8, 4) is 0 Å². The summed E-state index contributed by atoms with van der Waals surface area (Å²) in [6, 6.07) is 6.08. The van der Waals surface area contributed by atoms with Crippen molar-refractivity contribution in [1.29, 1.82) is 0 Å². The first-order valence-corrected chi connectivity index (χ1v) is 8.62. The summed E-state index contributed by atoms with van der Waals surface area (Å²) in [4.78, 5) is 11.0. The van der Waals surface area contributed by atoms with Gasteiger partial charge in [-0.3, -0.25) is 4.90 Å². The van der Waals surface area contributed by atoms with Crippen LogP contribution in [0.5, 0.6) is 0 Å². The van der Waals surface area contributed by atoms with Gasteiger partial charge in [0.2, 0.25) is 11.9 Å². The van der Waals surface area contributed by atoms with E-state index in [-0.39, 0.29) is 5.96 Å². The summed E-state index contributed by atoms with van der Waals surface area (Å²) in [5.41, 5.74) is 13.8. The second-order valence-corrected chi connectivity index (χ2v) is 6.94. The lowest BCUT2D eigenvalue weighted by Crippen LogP contribution is -2.58. The fourth-order valence-corrected chi connectivity index (χ4v) is 3.84. The molecular formula is C16H22BrN5O. The number of hydrogen-bond donors (Lipinski definition) is 2. The van der Waals surface area contributed by atoms with Crippen molar-refractivity contribution in [3.63, 3.8) is 0 Å². The molecular weight excluding hydrogens is 358 g/mol. The summed E-state index contributed by atoms with van der Waals surface area (Å²) in [6.45, 7) is 0.502. The summed E-state index contributed by atoms with van der Waals surface area (Å²) >= 11 is 3.55. The van der Waals surface area contributed by atoms with E-state index < -0.39 is 5.66 Å². The van der Waals surface area contributed by atoms with Crippen LogP contribution in [-0.2, 0) is 11.3 Å². The van der Waals surface area contributed by atoms with Gasteiger partial charge in [-0.05, 0) is 37.8 Å². The molecule has 1 spiro atoms. The maximum absolute atomic E-state index is 6.28. The van der Waals surface area contributed by atoms with E-state index in [9.17, 15) is 0 Å². The zero-order valence-electron chi connectivity index (χ0n) is 13.3. The molecule has 0 unspecified atom stereocenters. The first kappa shape index (κ1) is 16.3. The largest absolute Gasteiger partial charge is 0.380 e. The predicted molar refractivity (Wildman–Crippen MR) is 96.4 cm³/mol. The highest BCUT2D eigenvalue weighted by atomic mass is 79.9. The number of methoxy groups -OCH3 is 1. The van der Waals surface area contributed by atoms with E-state index in [1.807, 2.05) is 23.1 Å². The van der Waals surface area contributed by atoms with Gasteiger partial charge in [0, 0.05) is 17.1 Å². The van der Waals surface area contributed by atoms with Gasteiger partial charge in [-0.1, -0.05) is 28.4 Å². The summed E-state index contributed by atoms with van der Waals surface area (Å²) < 4.78 is 6.33. The Bertz CT molecular complexity index is 652.